The van der Waals surface area contributed by atoms with Gasteiger partial charge in [0, 0.05) is 11.8 Å². The summed E-state index contributed by atoms with van der Waals surface area (Å²) in [7, 11) is 0. The predicted octanol–water partition coefficient (Wildman–Crippen LogP) is 5.04. The minimum absolute atomic E-state index is 0.154. The van der Waals surface area contributed by atoms with E-state index in [1.54, 1.807) is 0 Å². The average molecular weight is 308 g/mol. The maximum Gasteiger partial charge on any atom is 0.232 e. The number of unbranched alkanes of at least 4 members (excludes halogenated alkanes) is 2. The Kier molecular flexibility index (Phi) is 6.33. The summed E-state index contributed by atoms with van der Waals surface area (Å²) in [4.78, 5) is 17.2. The minimum Gasteiger partial charge on any atom is -0.339 e. The molecule has 0 radical (unpaired) electrons. The quantitative estimate of drug-likeness (QED) is 0.631. The molecule has 0 aliphatic rings. The van der Waals surface area contributed by atoms with Gasteiger partial charge < -0.3 is 4.52 Å². The molecule has 0 aliphatic carbocycles. The first-order chi connectivity index (χ1) is 10.1. The van der Waals surface area contributed by atoms with E-state index in [9.17, 15) is 4.79 Å². The molecule has 0 aromatic carbocycles. The molecule has 0 aliphatic heterocycles. The molecular weight excluding hydrogens is 276 g/mol. The van der Waals surface area contributed by atoms with Crippen LogP contribution in [0.5, 0.6) is 0 Å². The second-order valence-electron chi connectivity index (χ2n) is 7.92. The van der Waals surface area contributed by atoms with Gasteiger partial charge in [0.1, 0.15) is 5.78 Å². The van der Waals surface area contributed by atoms with E-state index in [-0.39, 0.29) is 22.5 Å². The molecule has 1 aromatic heterocycles. The number of hydrogen-bond acceptors (Lipinski definition) is 4. The summed E-state index contributed by atoms with van der Waals surface area (Å²) in [6.07, 6.45) is 4.65. The Morgan fingerprint density at radius 2 is 1.77 bits per heavy atom. The second kappa shape index (κ2) is 7.38. The first-order valence-corrected chi connectivity index (χ1v) is 8.50. The molecule has 1 unspecified atom stereocenters. The zero-order valence-electron chi connectivity index (χ0n) is 15.3. The Morgan fingerprint density at radius 3 is 2.27 bits per heavy atom. The Bertz CT molecular complexity index is 484. The lowest BCUT2D eigenvalue weighted by molar-refractivity contribution is -0.123. The molecule has 22 heavy (non-hydrogen) atoms. The average Bonchev–Trinajstić information content (AvgIpc) is 2.87. The number of Topliss-reactive ketones (excluding diaryl/α,β-unsaturated/α-hetero) is 1. The second-order valence-corrected chi connectivity index (χ2v) is 7.92. The summed E-state index contributed by atoms with van der Waals surface area (Å²) < 4.78 is 5.46. The minimum atomic E-state index is -0.297. The summed E-state index contributed by atoms with van der Waals surface area (Å²) in [5.41, 5.74) is -0.361. The van der Waals surface area contributed by atoms with Crippen LogP contribution in [0.4, 0.5) is 0 Å². The molecular formula is C18H32N2O2. The first-order valence-electron chi connectivity index (χ1n) is 8.50. The third kappa shape index (κ3) is 4.65. The molecule has 4 nitrogen and oxygen atoms in total. The van der Waals surface area contributed by atoms with Gasteiger partial charge in [0.15, 0.2) is 5.82 Å². The molecule has 0 bridgehead atoms. The summed E-state index contributed by atoms with van der Waals surface area (Å²) in [6, 6.07) is 0. The molecule has 1 aromatic rings. The first kappa shape index (κ1) is 18.9. The fourth-order valence-electron chi connectivity index (χ4n) is 2.49. The van der Waals surface area contributed by atoms with Crippen molar-refractivity contribution < 1.29 is 9.32 Å². The summed E-state index contributed by atoms with van der Waals surface area (Å²) in [5, 5.41) is 4.14. The van der Waals surface area contributed by atoms with E-state index < -0.39 is 0 Å². The smallest absolute Gasteiger partial charge is 0.232 e. The van der Waals surface area contributed by atoms with Gasteiger partial charge in [0.2, 0.25) is 5.89 Å². The van der Waals surface area contributed by atoms with Crippen LogP contribution in [0.1, 0.15) is 98.2 Å². The largest absolute Gasteiger partial charge is 0.339 e. The number of carbonyl (C=O) groups is 1. The van der Waals surface area contributed by atoms with Crippen molar-refractivity contribution in [3.05, 3.63) is 11.7 Å². The van der Waals surface area contributed by atoms with E-state index in [1.165, 1.54) is 0 Å². The lowest BCUT2D eigenvalue weighted by atomic mass is 9.76. The molecule has 0 spiro atoms. The van der Waals surface area contributed by atoms with E-state index >= 15 is 0 Å². The van der Waals surface area contributed by atoms with Crippen molar-refractivity contribution in [2.75, 3.05) is 0 Å². The van der Waals surface area contributed by atoms with Crippen LogP contribution < -0.4 is 0 Å². The highest BCUT2D eigenvalue weighted by Gasteiger charge is 2.37. The Morgan fingerprint density at radius 1 is 1.14 bits per heavy atom. The molecule has 0 saturated heterocycles. The standard InChI is InChI=1S/C18H32N2O2/c1-8-10-11-12-13(21)14(17(3,4)5)15-19-16(22-20-15)18(6,7)9-2/h14H,8-12H2,1-7H3. The molecule has 0 amide bonds. The lowest BCUT2D eigenvalue weighted by Gasteiger charge is -2.27. The number of rotatable bonds is 8. The van der Waals surface area contributed by atoms with Crippen molar-refractivity contribution in [2.45, 2.75) is 91.9 Å². The van der Waals surface area contributed by atoms with Gasteiger partial charge in [-0.2, -0.15) is 4.98 Å². The number of ketones is 1. The van der Waals surface area contributed by atoms with Crippen LogP contribution in [0.25, 0.3) is 0 Å². The lowest BCUT2D eigenvalue weighted by Crippen LogP contribution is -2.28. The number of aromatic nitrogens is 2. The number of nitrogens with zero attached hydrogens (tertiary/aromatic N) is 2. The molecule has 0 saturated carbocycles. The van der Waals surface area contributed by atoms with Crippen molar-refractivity contribution in [3.63, 3.8) is 0 Å². The van der Waals surface area contributed by atoms with E-state index in [2.05, 4.69) is 58.6 Å². The van der Waals surface area contributed by atoms with Gasteiger partial charge in [0.25, 0.3) is 0 Å². The van der Waals surface area contributed by atoms with Gasteiger partial charge >= 0.3 is 0 Å². The SMILES string of the molecule is CCCCCC(=O)C(c1noc(C(C)(C)CC)n1)C(C)(C)C. The van der Waals surface area contributed by atoms with Crippen molar-refractivity contribution >= 4 is 5.78 Å². The summed E-state index contributed by atoms with van der Waals surface area (Å²) >= 11 is 0. The fraction of sp³-hybridized carbons (Fsp3) is 0.833. The zero-order chi connectivity index (χ0) is 17.0. The molecule has 1 rings (SSSR count). The molecule has 0 fully saturated rings. The van der Waals surface area contributed by atoms with Gasteiger partial charge in [-0.3, -0.25) is 4.79 Å². The number of carbonyl (C=O) groups excluding carboxylic acids is 1. The van der Waals surface area contributed by atoms with Gasteiger partial charge in [-0.25, -0.2) is 0 Å². The van der Waals surface area contributed by atoms with Crippen LogP contribution in [-0.2, 0) is 10.2 Å². The maximum absolute atomic E-state index is 12.7. The number of hydrogen-bond donors (Lipinski definition) is 0. The zero-order valence-corrected chi connectivity index (χ0v) is 15.3. The molecule has 4 heteroatoms. The van der Waals surface area contributed by atoms with Crippen LogP contribution in [-0.4, -0.2) is 15.9 Å². The monoisotopic (exact) mass is 308 g/mol. The predicted molar refractivity (Wildman–Crippen MR) is 89.0 cm³/mol. The highest BCUT2D eigenvalue weighted by Crippen LogP contribution is 2.37. The molecule has 1 heterocycles. The molecule has 1 atom stereocenters. The summed E-state index contributed by atoms with van der Waals surface area (Å²) in [6.45, 7) is 14.6. The van der Waals surface area contributed by atoms with Gasteiger partial charge in [-0.15, -0.1) is 0 Å². The highest BCUT2D eigenvalue weighted by atomic mass is 16.5. The third-order valence-corrected chi connectivity index (χ3v) is 4.38. The van der Waals surface area contributed by atoms with E-state index in [0.29, 0.717) is 18.1 Å². The van der Waals surface area contributed by atoms with Crippen molar-refractivity contribution in [2.24, 2.45) is 5.41 Å². The van der Waals surface area contributed by atoms with Crippen LogP contribution in [0.15, 0.2) is 4.52 Å². The summed E-state index contributed by atoms with van der Waals surface area (Å²) in [5.74, 6) is 1.10. The Balaban J connectivity index is 3.01. The van der Waals surface area contributed by atoms with Gasteiger partial charge in [-0.1, -0.05) is 66.5 Å². The Hall–Kier alpha value is -1.19. The van der Waals surface area contributed by atoms with Gasteiger partial charge in [0.05, 0.1) is 5.92 Å². The highest BCUT2D eigenvalue weighted by molar-refractivity contribution is 5.85. The maximum atomic E-state index is 12.7. The topological polar surface area (TPSA) is 56.0 Å². The van der Waals surface area contributed by atoms with Crippen LogP contribution in [0.2, 0.25) is 0 Å². The van der Waals surface area contributed by atoms with Gasteiger partial charge in [-0.05, 0) is 18.3 Å². The van der Waals surface area contributed by atoms with E-state index in [0.717, 1.165) is 25.7 Å². The fourth-order valence-corrected chi connectivity index (χ4v) is 2.49. The van der Waals surface area contributed by atoms with Crippen LogP contribution in [0.3, 0.4) is 0 Å². The third-order valence-electron chi connectivity index (χ3n) is 4.38. The van der Waals surface area contributed by atoms with E-state index in [1.807, 2.05) is 0 Å². The van der Waals surface area contributed by atoms with Crippen molar-refractivity contribution in [1.29, 1.82) is 0 Å². The van der Waals surface area contributed by atoms with Crippen molar-refractivity contribution in [1.82, 2.24) is 10.1 Å². The van der Waals surface area contributed by atoms with E-state index in [4.69, 9.17) is 4.52 Å². The Labute approximate surface area is 135 Å². The molecule has 126 valence electrons. The normalized spacial score (nSPS) is 14.1. The van der Waals surface area contributed by atoms with Crippen molar-refractivity contribution in [3.8, 4) is 0 Å². The molecule has 0 N–H and O–H groups in total. The van der Waals surface area contributed by atoms with Crippen LogP contribution >= 0.6 is 0 Å². The van der Waals surface area contributed by atoms with Crippen LogP contribution in [0, 0.1) is 5.41 Å².